The molecule has 1 N–H and O–H groups in total. The van der Waals surface area contributed by atoms with E-state index in [4.69, 9.17) is 10.3 Å². The van der Waals surface area contributed by atoms with Crippen molar-refractivity contribution in [2.45, 2.75) is 13.3 Å². The maximum Gasteiger partial charge on any atom is 0.251 e. The highest BCUT2D eigenvalue weighted by molar-refractivity contribution is 5.98. The summed E-state index contributed by atoms with van der Waals surface area (Å²) in [6.07, 6.45) is 0.753. The first kappa shape index (κ1) is 14.0. The molecular formula is C12H16N4O2. The molecule has 1 amide bonds. The quantitative estimate of drug-likeness (QED) is 0.348. The van der Waals surface area contributed by atoms with E-state index in [1.54, 1.807) is 24.3 Å². The van der Waals surface area contributed by atoms with Crippen LogP contribution >= 0.6 is 0 Å². The molecule has 0 aliphatic carbocycles. The zero-order valence-corrected chi connectivity index (χ0v) is 10.3. The predicted molar refractivity (Wildman–Crippen MR) is 68.7 cm³/mol. The van der Waals surface area contributed by atoms with Crippen LogP contribution in [0, 0.1) is 0 Å². The van der Waals surface area contributed by atoms with Gasteiger partial charge in [-0.25, -0.2) is 0 Å². The Hall–Kier alpha value is -2.04. The van der Waals surface area contributed by atoms with Gasteiger partial charge < -0.3 is 10.1 Å². The maximum atomic E-state index is 11.8. The van der Waals surface area contributed by atoms with Crippen molar-refractivity contribution in [3.8, 4) is 0 Å². The summed E-state index contributed by atoms with van der Waals surface area (Å²) in [6.45, 7) is 3.75. The lowest BCUT2D eigenvalue weighted by molar-refractivity contribution is 0.0945. The lowest BCUT2D eigenvalue weighted by atomic mass is 10.1. The highest BCUT2D eigenvalue weighted by Gasteiger charge is 2.08. The van der Waals surface area contributed by atoms with E-state index in [-0.39, 0.29) is 5.91 Å². The van der Waals surface area contributed by atoms with Crippen molar-refractivity contribution in [2.24, 2.45) is 5.11 Å². The lowest BCUT2D eigenvalue weighted by Crippen LogP contribution is -2.25. The molecule has 0 bridgehead atoms. The van der Waals surface area contributed by atoms with Crippen molar-refractivity contribution < 1.29 is 9.53 Å². The smallest absolute Gasteiger partial charge is 0.251 e. The first-order valence-corrected chi connectivity index (χ1v) is 5.79. The molecule has 0 heterocycles. The minimum absolute atomic E-state index is 0.241. The minimum atomic E-state index is -0.241. The van der Waals surface area contributed by atoms with Crippen molar-refractivity contribution in [3.05, 3.63) is 40.3 Å². The number of carbonyl (C=O) groups is 1. The van der Waals surface area contributed by atoms with Gasteiger partial charge in [-0.1, -0.05) is 23.3 Å². The van der Waals surface area contributed by atoms with E-state index in [0.29, 0.717) is 31.0 Å². The van der Waals surface area contributed by atoms with Crippen molar-refractivity contribution in [2.75, 3.05) is 19.8 Å². The number of nitrogens with one attached hydrogen (secondary N) is 1. The molecule has 6 nitrogen and oxygen atoms in total. The molecule has 1 aromatic rings. The fourth-order valence-electron chi connectivity index (χ4n) is 1.42. The lowest BCUT2D eigenvalue weighted by Gasteiger charge is -2.07. The van der Waals surface area contributed by atoms with Gasteiger partial charge in [-0.3, -0.25) is 4.79 Å². The Balaban J connectivity index is 2.53. The summed E-state index contributed by atoms with van der Waals surface area (Å²) >= 11 is 0. The van der Waals surface area contributed by atoms with Gasteiger partial charge >= 0.3 is 0 Å². The summed E-state index contributed by atoms with van der Waals surface area (Å²) in [5.74, 6) is -0.241. The number of carbonyl (C=O) groups excluding carboxylic acids is 1. The topological polar surface area (TPSA) is 87.1 Å². The Morgan fingerprint density at radius 3 is 3.00 bits per heavy atom. The van der Waals surface area contributed by atoms with Crippen molar-refractivity contribution in [3.63, 3.8) is 0 Å². The summed E-state index contributed by atoms with van der Waals surface area (Å²) in [7, 11) is 0. The molecule has 0 saturated heterocycles. The summed E-state index contributed by atoms with van der Waals surface area (Å²) < 4.78 is 5.17. The second-order valence-corrected chi connectivity index (χ2v) is 3.51. The van der Waals surface area contributed by atoms with Gasteiger partial charge in [0.05, 0.1) is 5.69 Å². The molecule has 1 rings (SSSR count). The molecule has 0 fully saturated rings. The first-order chi connectivity index (χ1) is 8.79. The number of hydrogen-bond acceptors (Lipinski definition) is 3. The molecule has 96 valence electrons. The van der Waals surface area contributed by atoms with Crippen molar-refractivity contribution in [1.29, 1.82) is 0 Å². The molecule has 0 atom stereocenters. The molecule has 0 aliphatic heterocycles. The molecule has 6 heteroatoms. The van der Waals surface area contributed by atoms with Gasteiger partial charge in [0, 0.05) is 30.2 Å². The van der Waals surface area contributed by atoms with Gasteiger partial charge in [0.2, 0.25) is 0 Å². The summed E-state index contributed by atoms with van der Waals surface area (Å²) in [4.78, 5) is 14.5. The molecular weight excluding hydrogens is 232 g/mol. The monoisotopic (exact) mass is 248 g/mol. The second-order valence-electron chi connectivity index (χ2n) is 3.51. The second kappa shape index (κ2) is 8.11. The van der Waals surface area contributed by atoms with Crippen LogP contribution < -0.4 is 5.32 Å². The molecule has 0 saturated carbocycles. The van der Waals surface area contributed by atoms with Crippen LogP contribution in [0.1, 0.15) is 23.7 Å². The Morgan fingerprint density at radius 2 is 2.28 bits per heavy atom. The van der Waals surface area contributed by atoms with Crippen LogP contribution in [0.15, 0.2) is 29.4 Å². The van der Waals surface area contributed by atoms with E-state index in [1.807, 2.05) is 6.92 Å². The number of hydrogen-bond donors (Lipinski definition) is 1. The van der Waals surface area contributed by atoms with E-state index in [9.17, 15) is 4.79 Å². The Kier molecular flexibility index (Phi) is 6.32. The SMILES string of the molecule is CCOCCCNC(=O)c1ccccc1N=[N+]=[N-]. The molecule has 18 heavy (non-hydrogen) atoms. The maximum absolute atomic E-state index is 11.8. The average Bonchev–Trinajstić information content (AvgIpc) is 2.39. The highest BCUT2D eigenvalue weighted by atomic mass is 16.5. The molecule has 0 unspecified atom stereocenters. The number of rotatable bonds is 7. The summed E-state index contributed by atoms with van der Waals surface area (Å²) in [5.41, 5.74) is 9.13. The number of azide groups is 1. The van der Waals surface area contributed by atoms with E-state index >= 15 is 0 Å². The third kappa shape index (κ3) is 4.45. The third-order valence-corrected chi connectivity index (χ3v) is 2.26. The molecule has 0 aliphatic rings. The fraction of sp³-hybridized carbons (Fsp3) is 0.417. The van der Waals surface area contributed by atoms with Crippen molar-refractivity contribution >= 4 is 11.6 Å². The van der Waals surface area contributed by atoms with E-state index in [1.165, 1.54) is 0 Å². The van der Waals surface area contributed by atoms with Gasteiger partial charge in [0.1, 0.15) is 0 Å². The number of ether oxygens (including phenoxy) is 1. The van der Waals surface area contributed by atoms with Crippen LogP contribution in [-0.2, 0) is 4.74 Å². The Morgan fingerprint density at radius 1 is 1.50 bits per heavy atom. The molecule has 1 aromatic carbocycles. The Bertz CT molecular complexity index is 441. The van der Waals surface area contributed by atoms with E-state index in [0.717, 1.165) is 6.42 Å². The van der Waals surface area contributed by atoms with E-state index < -0.39 is 0 Å². The summed E-state index contributed by atoms with van der Waals surface area (Å²) in [5, 5.41) is 6.23. The van der Waals surface area contributed by atoms with Gasteiger partial charge in [-0.2, -0.15) is 0 Å². The van der Waals surface area contributed by atoms with Crippen LogP contribution in [0.3, 0.4) is 0 Å². The van der Waals surface area contributed by atoms with Gasteiger partial charge in [-0.05, 0) is 24.9 Å². The summed E-state index contributed by atoms with van der Waals surface area (Å²) in [6, 6.07) is 6.68. The third-order valence-electron chi connectivity index (χ3n) is 2.26. The average molecular weight is 248 g/mol. The van der Waals surface area contributed by atoms with Gasteiger partial charge in [-0.15, -0.1) is 0 Å². The van der Waals surface area contributed by atoms with Crippen LogP contribution in [0.5, 0.6) is 0 Å². The van der Waals surface area contributed by atoms with Crippen LogP contribution in [0.4, 0.5) is 5.69 Å². The van der Waals surface area contributed by atoms with Crippen LogP contribution in [0.25, 0.3) is 10.4 Å². The van der Waals surface area contributed by atoms with E-state index in [2.05, 4.69) is 15.3 Å². The Labute approximate surface area is 106 Å². The van der Waals surface area contributed by atoms with Gasteiger partial charge in [0.25, 0.3) is 5.91 Å². The highest BCUT2D eigenvalue weighted by Crippen LogP contribution is 2.18. The largest absolute Gasteiger partial charge is 0.382 e. The van der Waals surface area contributed by atoms with Crippen LogP contribution in [-0.4, -0.2) is 25.7 Å². The zero-order chi connectivity index (χ0) is 13.2. The number of benzene rings is 1. The standard InChI is InChI=1S/C12H16N4O2/c1-2-18-9-5-8-14-12(17)10-6-3-4-7-11(10)15-16-13/h3-4,6-7H,2,5,8-9H2,1H3,(H,14,17). The predicted octanol–water partition coefficient (Wildman–Crippen LogP) is 2.78. The molecule has 0 aromatic heterocycles. The molecule has 0 radical (unpaired) electrons. The number of amides is 1. The van der Waals surface area contributed by atoms with Gasteiger partial charge in [0.15, 0.2) is 0 Å². The first-order valence-electron chi connectivity index (χ1n) is 5.79. The minimum Gasteiger partial charge on any atom is -0.382 e. The fourth-order valence-corrected chi connectivity index (χ4v) is 1.42. The molecule has 0 spiro atoms. The zero-order valence-electron chi connectivity index (χ0n) is 10.3. The normalized spacial score (nSPS) is 9.61. The van der Waals surface area contributed by atoms with Crippen LogP contribution in [0.2, 0.25) is 0 Å². The van der Waals surface area contributed by atoms with Crippen molar-refractivity contribution in [1.82, 2.24) is 5.32 Å². The number of nitrogens with zero attached hydrogens (tertiary/aromatic N) is 3.